The Bertz CT molecular complexity index is 1210. The quantitative estimate of drug-likeness (QED) is 0.327. The lowest BCUT2D eigenvalue weighted by molar-refractivity contribution is -0.174. The lowest BCUT2D eigenvalue weighted by Gasteiger charge is -2.36. The van der Waals surface area contributed by atoms with Crippen molar-refractivity contribution in [3.05, 3.63) is 70.8 Å². The minimum absolute atomic E-state index is 0.0269. The molecular formula is C31H38N2O7. The number of likely N-dealkylation sites (N-methyl/N-ethyl adjacent to an activating group) is 2. The fourth-order valence-corrected chi connectivity index (χ4v) is 4.07. The zero-order chi connectivity index (χ0) is 29.1. The van der Waals surface area contributed by atoms with Crippen molar-refractivity contribution in [3.8, 4) is 11.8 Å². The molecule has 0 aliphatic carbocycles. The van der Waals surface area contributed by atoms with E-state index < -0.39 is 29.4 Å². The maximum atomic E-state index is 13.3. The molecule has 3 atom stereocenters. The summed E-state index contributed by atoms with van der Waals surface area (Å²) in [6, 6.07) is 14.3. The van der Waals surface area contributed by atoms with Crippen LogP contribution in [0.4, 0.5) is 0 Å². The Morgan fingerprint density at radius 2 is 1.73 bits per heavy atom. The SMILES string of the molecule is CNC(=O)[C@@](C)(C(=O)COC1CCCCO1)N(C)C(=O)c1ccc(C#Cc2ccc(CO[C@@H](C)CO)cc2)cc1. The summed E-state index contributed by atoms with van der Waals surface area (Å²) in [5.41, 5.74) is 1.05. The summed E-state index contributed by atoms with van der Waals surface area (Å²) in [6.07, 6.45) is 1.85. The number of nitrogens with zero attached hydrogens (tertiary/aromatic N) is 1. The second-order valence-corrected chi connectivity index (χ2v) is 9.87. The molecule has 214 valence electrons. The topological polar surface area (TPSA) is 114 Å². The Hall–Kier alpha value is -3.55. The Labute approximate surface area is 235 Å². The van der Waals surface area contributed by atoms with E-state index in [1.807, 2.05) is 24.3 Å². The number of hydrogen-bond donors (Lipinski definition) is 2. The molecule has 0 aromatic heterocycles. The third kappa shape index (κ3) is 7.99. The minimum atomic E-state index is -1.77. The molecule has 2 aromatic carbocycles. The molecule has 1 saturated heterocycles. The first kappa shape index (κ1) is 31.0. The Balaban J connectivity index is 1.66. The number of carbonyl (C=O) groups is 3. The van der Waals surface area contributed by atoms with E-state index in [-0.39, 0.29) is 19.3 Å². The van der Waals surface area contributed by atoms with Gasteiger partial charge in [0.25, 0.3) is 11.8 Å². The second kappa shape index (κ2) is 14.7. The fourth-order valence-electron chi connectivity index (χ4n) is 4.07. The number of benzene rings is 2. The monoisotopic (exact) mass is 550 g/mol. The molecule has 1 heterocycles. The first-order chi connectivity index (χ1) is 19.2. The summed E-state index contributed by atoms with van der Waals surface area (Å²) < 4.78 is 16.6. The van der Waals surface area contributed by atoms with Crippen molar-refractivity contribution in [1.82, 2.24) is 10.2 Å². The highest BCUT2D eigenvalue weighted by molar-refractivity contribution is 6.14. The van der Waals surface area contributed by atoms with Crippen LogP contribution in [0.25, 0.3) is 0 Å². The molecule has 1 fully saturated rings. The van der Waals surface area contributed by atoms with Crippen molar-refractivity contribution < 1.29 is 33.7 Å². The van der Waals surface area contributed by atoms with Gasteiger partial charge in [0.2, 0.25) is 0 Å². The van der Waals surface area contributed by atoms with Gasteiger partial charge in [-0.2, -0.15) is 0 Å². The summed E-state index contributed by atoms with van der Waals surface area (Å²) in [4.78, 5) is 40.5. The van der Waals surface area contributed by atoms with Crippen LogP contribution >= 0.6 is 0 Å². The molecule has 9 nitrogen and oxygen atoms in total. The van der Waals surface area contributed by atoms with Crippen molar-refractivity contribution in [1.29, 1.82) is 0 Å². The number of aliphatic hydroxyl groups excluding tert-OH is 1. The van der Waals surface area contributed by atoms with Gasteiger partial charge in [0.05, 0.1) is 19.3 Å². The average molecular weight is 551 g/mol. The molecule has 1 unspecified atom stereocenters. The summed E-state index contributed by atoms with van der Waals surface area (Å²) in [6.45, 7) is 3.82. The number of ether oxygens (including phenoxy) is 3. The molecule has 0 bridgehead atoms. The van der Waals surface area contributed by atoms with Gasteiger partial charge in [-0.15, -0.1) is 0 Å². The molecular weight excluding hydrogens is 512 g/mol. The zero-order valence-corrected chi connectivity index (χ0v) is 23.6. The number of hydrogen-bond acceptors (Lipinski definition) is 7. The normalized spacial score (nSPS) is 17.1. The molecule has 0 saturated carbocycles. The largest absolute Gasteiger partial charge is 0.394 e. The highest BCUT2D eigenvalue weighted by Gasteiger charge is 2.46. The van der Waals surface area contributed by atoms with Crippen molar-refractivity contribution in [2.75, 3.05) is 33.9 Å². The number of carbonyl (C=O) groups excluding carboxylic acids is 3. The Morgan fingerprint density at radius 1 is 1.10 bits per heavy atom. The molecule has 0 spiro atoms. The van der Waals surface area contributed by atoms with E-state index in [9.17, 15) is 14.4 Å². The highest BCUT2D eigenvalue weighted by atomic mass is 16.7. The van der Waals surface area contributed by atoms with E-state index in [0.29, 0.717) is 30.8 Å². The predicted octanol–water partition coefficient (Wildman–Crippen LogP) is 2.67. The number of aliphatic hydroxyl groups is 1. The molecule has 2 N–H and O–H groups in total. The first-order valence-electron chi connectivity index (χ1n) is 13.4. The number of ketones is 1. The van der Waals surface area contributed by atoms with Crippen LogP contribution in [0.15, 0.2) is 48.5 Å². The van der Waals surface area contributed by atoms with Gasteiger partial charge in [-0.3, -0.25) is 14.4 Å². The fraction of sp³-hybridized carbons (Fsp3) is 0.452. The van der Waals surface area contributed by atoms with E-state index in [0.717, 1.165) is 28.9 Å². The zero-order valence-electron chi connectivity index (χ0n) is 23.6. The highest BCUT2D eigenvalue weighted by Crippen LogP contribution is 2.21. The smallest absolute Gasteiger partial charge is 0.254 e. The van der Waals surface area contributed by atoms with Gasteiger partial charge in [-0.25, -0.2) is 0 Å². The maximum absolute atomic E-state index is 13.3. The molecule has 2 aromatic rings. The van der Waals surface area contributed by atoms with Gasteiger partial charge in [-0.05, 0) is 75.1 Å². The van der Waals surface area contributed by atoms with E-state index >= 15 is 0 Å². The minimum Gasteiger partial charge on any atom is -0.394 e. The Morgan fingerprint density at radius 3 is 2.27 bits per heavy atom. The summed E-state index contributed by atoms with van der Waals surface area (Å²) in [7, 11) is 2.85. The van der Waals surface area contributed by atoms with Crippen LogP contribution in [-0.4, -0.2) is 79.5 Å². The number of amides is 2. The van der Waals surface area contributed by atoms with E-state index in [1.165, 1.54) is 21.0 Å². The molecule has 1 aliphatic rings. The van der Waals surface area contributed by atoms with Gasteiger partial charge >= 0.3 is 0 Å². The van der Waals surface area contributed by atoms with Gasteiger partial charge < -0.3 is 29.5 Å². The third-order valence-electron chi connectivity index (χ3n) is 6.95. The van der Waals surface area contributed by atoms with E-state index in [4.69, 9.17) is 19.3 Å². The molecule has 9 heteroatoms. The summed E-state index contributed by atoms with van der Waals surface area (Å²) in [5, 5.41) is 11.6. The molecule has 1 aliphatic heterocycles. The average Bonchev–Trinajstić information content (AvgIpc) is 3.01. The van der Waals surface area contributed by atoms with Crippen LogP contribution in [0.5, 0.6) is 0 Å². The van der Waals surface area contributed by atoms with Gasteiger partial charge in [0.15, 0.2) is 17.6 Å². The third-order valence-corrected chi connectivity index (χ3v) is 6.95. The second-order valence-electron chi connectivity index (χ2n) is 9.87. The standard InChI is InChI=1S/C31H38N2O7/c1-22(19-34)39-20-25-12-10-23(11-13-25)8-9-24-14-16-26(17-15-24)29(36)33(4)31(2,30(37)32-3)27(35)21-40-28-7-5-6-18-38-28/h10-17,22,28,34H,5-7,18-21H2,1-4H3,(H,32,37)/t22-,28?,31+/m0/s1. The van der Waals surface area contributed by atoms with Crippen LogP contribution in [0.1, 0.15) is 60.2 Å². The Kier molecular flexibility index (Phi) is 11.4. The van der Waals surface area contributed by atoms with Crippen molar-refractivity contribution in [2.24, 2.45) is 0 Å². The van der Waals surface area contributed by atoms with Gasteiger partial charge in [-0.1, -0.05) is 24.0 Å². The summed E-state index contributed by atoms with van der Waals surface area (Å²) >= 11 is 0. The maximum Gasteiger partial charge on any atom is 0.254 e. The van der Waals surface area contributed by atoms with Gasteiger partial charge in [0.1, 0.15) is 6.61 Å². The van der Waals surface area contributed by atoms with Crippen LogP contribution in [0.3, 0.4) is 0 Å². The molecule has 2 amide bonds. The van der Waals surface area contributed by atoms with E-state index in [2.05, 4.69) is 17.2 Å². The van der Waals surface area contributed by atoms with Gasteiger partial charge in [0, 0.05) is 37.4 Å². The van der Waals surface area contributed by atoms with Crippen LogP contribution < -0.4 is 5.32 Å². The lowest BCUT2D eigenvalue weighted by atomic mass is 9.92. The van der Waals surface area contributed by atoms with Crippen LogP contribution in [0.2, 0.25) is 0 Å². The lowest BCUT2D eigenvalue weighted by Crippen LogP contribution is -2.62. The van der Waals surface area contributed by atoms with E-state index in [1.54, 1.807) is 31.2 Å². The number of Topliss-reactive ketones (excluding diaryl/α,β-unsaturated/α-hetero) is 1. The number of rotatable bonds is 11. The predicted molar refractivity (Wildman–Crippen MR) is 149 cm³/mol. The summed E-state index contributed by atoms with van der Waals surface area (Å²) in [5.74, 6) is 4.53. The molecule has 40 heavy (non-hydrogen) atoms. The molecule has 3 rings (SSSR count). The first-order valence-corrected chi connectivity index (χ1v) is 13.4. The van der Waals surface area contributed by atoms with Crippen LogP contribution in [0, 0.1) is 11.8 Å². The van der Waals surface area contributed by atoms with Crippen molar-refractivity contribution in [2.45, 2.75) is 57.6 Å². The van der Waals surface area contributed by atoms with Crippen molar-refractivity contribution in [3.63, 3.8) is 0 Å². The van der Waals surface area contributed by atoms with Crippen LogP contribution in [-0.2, 0) is 30.4 Å². The number of nitrogens with one attached hydrogen (secondary N) is 1. The molecule has 0 radical (unpaired) electrons. The van der Waals surface area contributed by atoms with Crippen molar-refractivity contribution >= 4 is 17.6 Å².